The predicted molar refractivity (Wildman–Crippen MR) is 133 cm³/mol. The molecule has 1 aliphatic rings. The Morgan fingerprint density at radius 3 is 1.27 bits per heavy atom. The summed E-state index contributed by atoms with van der Waals surface area (Å²) in [6.45, 7) is 3.25. The maximum atomic E-state index is 11.7. The van der Waals surface area contributed by atoms with E-state index in [9.17, 15) is 9.59 Å². The molecule has 2 nitrogen and oxygen atoms in total. The first-order valence-electron chi connectivity index (χ1n) is 11.4. The highest BCUT2D eigenvalue weighted by atomic mass is 16.1. The van der Waals surface area contributed by atoms with Crippen LogP contribution in [0.4, 0.5) is 0 Å². The van der Waals surface area contributed by atoms with Crippen molar-refractivity contribution in [2.24, 2.45) is 0 Å². The van der Waals surface area contributed by atoms with Crippen molar-refractivity contribution in [3.05, 3.63) is 130 Å². The second-order valence-electron chi connectivity index (χ2n) is 8.99. The van der Waals surface area contributed by atoms with Gasteiger partial charge in [0.05, 0.1) is 5.41 Å². The molecule has 33 heavy (non-hydrogen) atoms. The molecule has 0 atom stereocenters. The molecule has 0 spiro atoms. The van der Waals surface area contributed by atoms with E-state index in [4.69, 9.17) is 0 Å². The lowest BCUT2D eigenvalue weighted by Crippen LogP contribution is -2.28. The predicted octanol–water partition coefficient (Wildman–Crippen LogP) is 6.31. The second kappa shape index (κ2) is 8.29. The lowest BCUT2D eigenvalue weighted by Gasteiger charge is -2.34. The van der Waals surface area contributed by atoms with Gasteiger partial charge in [0.25, 0.3) is 0 Å². The van der Waals surface area contributed by atoms with E-state index < -0.39 is 5.41 Å². The molecule has 0 N–H and O–H groups in total. The van der Waals surface area contributed by atoms with Crippen LogP contribution in [0.25, 0.3) is 11.1 Å². The van der Waals surface area contributed by atoms with Crippen LogP contribution in [-0.2, 0) is 27.8 Å². The minimum absolute atomic E-state index is 0.162. The standard InChI is InChI=1S/C31H26O2/c1-21(32)19-23-11-15-25(16-12-23)31(26-17-13-24(14-18-26)20-22(2)33)29-9-5-3-7-27(29)28-8-4-6-10-30(28)31/h3-18H,19-20H2,1-2H3. The Hall–Kier alpha value is -3.78. The average Bonchev–Trinajstić information content (AvgIpc) is 3.11. The second-order valence-corrected chi connectivity index (χ2v) is 8.99. The topological polar surface area (TPSA) is 34.1 Å². The van der Waals surface area contributed by atoms with Gasteiger partial charge < -0.3 is 0 Å². The molecule has 4 aromatic carbocycles. The van der Waals surface area contributed by atoms with Gasteiger partial charge in [-0.1, -0.05) is 97.1 Å². The Morgan fingerprint density at radius 2 is 0.909 bits per heavy atom. The van der Waals surface area contributed by atoms with Crippen molar-refractivity contribution < 1.29 is 9.59 Å². The van der Waals surface area contributed by atoms with Crippen LogP contribution in [0.15, 0.2) is 97.1 Å². The number of ketones is 2. The summed E-state index contributed by atoms with van der Waals surface area (Å²) in [7, 11) is 0. The molecule has 0 bridgehead atoms. The van der Waals surface area contributed by atoms with Gasteiger partial charge in [0.2, 0.25) is 0 Å². The number of benzene rings is 4. The fraction of sp³-hybridized carbons (Fsp3) is 0.161. The number of rotatable bonds is 6. The summed E-state index contributed by atoms with van der Waals surface area (Å²) in [6, 6.07) is 34.2. The molecule has 0 amide bonds. The molecule has 0 saturated carbocycles. The molecule has 4 aromatic rings. The number of hydrogen-bond donors (Lipinski definition) is 0. The lowest BCUT2D eigenvalue weighted by molar-refractivity contribution is -0.117. The highest BCUT2D eigenvalue weighted by Gasteiger charge is 2.45. The number of fused-ring (bicyclic) bond motifs is 3. The quantitative estimate of drug-likeness (QED) is 0.316. The van der Waals surface area contributed by atoms with E-state index in [1.54, 1.807) is 13.8 Å². The number of hydrogen-bond acceptors (Lipinski definition) is 2. The molecule has 0 saturated heterocycles. The summed E-state index contributed by atoms with van der Waals surface area (Å²) in [5.41, 5.74) is 8.93. The van der Waals surface area contributed by atoms with Crippen molar-refractivity contribution >= 4 is 11.6 Å². The van der Waals surface area contributed by atoms with Gasteiger partial charge in [-0.15, -0.1) is 0 Å². The summed E-state index contributed by atoms with van der Waals surface area (Å²) < 4.78 is 0. The van der Waals surface area contributed by atoms with Gasteiger partial charge in [-0.2, -0.15) is 0 Å². The van der Waals surface area contributed by atoms with Crippen LogP contribution in [0.5, 0.6) is 0 Å². The molecule has 0 radical (unpaired) electrons. The average molecular weight is 431 g/mol. The Kier molecular flexibility index (Phi) is 5.30. The number of carbonyl (C=O) groups is 2. The van der Waals surface area contributed by atoms with Gasteiger partial charge in [-0.25, -0.2) is 0 Å². The van der Waals surface area contributed by atoms with Crippen LogP contribution in [0.1, 0.15) is 47.2 Å². The van der Waals surface area contributed by atoms with Gasteiger partial charge in [0.1, 0.15) is 11.6 Å². The maximum absolute atomic E-state index is 11.7. The van der Waals surface area contributed by atoms with Crippen LogP contribution in [0.2, 0.25) is 0 Å². The minimum Gasteiger partial charge on any atom is -0.300 e. The molecule has 0 unspecified atom stereocenters. The van der Waals surface area contributed by atoms with Gasteiger partial charge >= 0.3 is 0 Å². The van der Waals surface area contributed by atoms with Crippen molar-refractivity contribution in [3.8, 4) is 11.1 Å². The largest absolute Gasteiger partial charge is 0.300 e. The zero-order valence-electron chi connectivity index (χ0n) is 19.0. The molecular weight excluding hydrogens is 404 g/mol. The molecule has 5 rings (SSSR count). The number of Topliss-reactive ketones (excluding diaryl/α,β-unsaturated/α-hetero) is 2. The van der Waals surface area contributed by atoms with Gasteiger partial charge in [0.15, 0.2) is 0 Å². The van der Waals surface area contributed by atoms with Crippen molar-refractivity contribution in [3.63, 3.8) is 0 Å². The van der Waals surface area contributed by atoms with Crippen molar-refractivity contribution in [1.29, 1.82) is 0 Å². The molecule has 0 heterocycles. The van der Waals surface area contributed by atoms with Gasteiger partial charge in [0, 0.05) is 12.8 Å². The van der Waals surface area contributed by atoms with Crippen LogP contribution >= 0.6 is 0 Å². The lowest BCUT2D eigenvalue weighted by atomic mass is 9.67. The van der Waals surface area contributed by atoms with Crippen LogP contribution in [0.3, 0.4) is 0 Å². The molecule has 2 heteroatoms. The van der Waals surface area contributed by atoms with E-state index in [2.05, 4.69) is 97.1 Å². The molecule has 0 aliphatic heterocycles. The van der Waals surface area contributed by atoms with E-state index in [-0.39, 0.29) is 11.6 Å². The summed E-state index contributed by atoms with van der Waals surface area (Å²) in [4.78, 5) is 23.3. The molecule has 0 fully saturated rings. The third-order valence-corrected chi connectivity index (χ3v) is 6.63. The van der Waals surface area contributed by atoms with E-state index in [1.165, 1.54) is 33.4 Å². The smallest absolute Gasteiger partial charge is 0.134 e. The Labute approximate surface area is 194 Å². The van der Waals surface area contributed by atoms with E-state index in [0.29, 0.717) is 12.8 Å². The Bertz CT molecular complexity index is 1240. The van der Waals surface area contributed by atoms with Crippen molar-refractivity contribution in [2.75, 3.05) is 0 Å². The molecular formula is C31H26O2. The van der Waals surface area contributed by atoms with E-state index in [1.807, 2.05) is 0 Å². The third-order valence-electron chi connectivity index (χ3n) is 6.63. The van der Waals surface area contributed by atoms with Crippen molar-refractivity contribution in [2.45, 2.75) is 32.1 Å². The molecule has 0 aromatic heterocycles. The van der Waals surface area contributed by atoms with Crippen molar-refractivity contribution in [1.82, 2.24) is 0 Å². The Morgan fingerprint density at radius 1 is 0.545 bits per heavy atom. The Balaban J connectivity index is 1.77. The summed E-state index contributed by atoms with van der Waals surface area (Å²) in [5, 5.41) is 0. The van der Waals surface area contributed by atoms with E-state index >= 15 is 0 Å². The summed E-state index contributed by atoms with van der Waals surface area (Å²) in [5.74, 6) is 0.324. The zero-order valence-corrected chi connectivity index (χ0v) is 19.0. The van der Waals surface area contributed by atoms with Crippen LogP contribution in [0, 0.1) is 0 Å². The fourth-order valence-corrected chi connectivity index (χ4v) is 5.34. The molecule has 162 valence electrons. The SMILES string of the molecule is CC(=O)Cc1ccc(C2(c3ccc(CC(C)=O)cc3)c3ccccc3-c3ccccc32)cc1. The minimum atomic E-state index is -0.462. The molecule has 1 aliphatic carbocycles. The third kappa shape index (κ3) is 3.52. The maximum Gasteiger partial charge on any atom is 0.134 e. The van der Waals surface area contributed by atoms with E-state index in [0.717, 1.165) is 11.1 Å². The van der Waals surface area contributed by atoms with Crippen LogP contribution < -0.4 is 0 Å². The van der Waals surface area contributed by atoms with Crippen LogP contribution in [-0.4, -0.2) is 11.6 Å². The first-order chi connectivity index (χ1) is 16.0. The first-order valence-corrected chi connectivity index (χ1v) is 11.4. The number of carbonyl (C=O) groups excluding carboxylic acids is 2. The van der Waals surface area contributed by atoms with Gasteiger partial charge in [-0.3, -0.25) is 9.59 Å². The zero-order chi connectivity index (χ0) is 23.0. The fourth-order valence-electron chi connectivity index (χ4n) is 5.34. The summed E-state index contributed by atoms with van der Waals surface area (Å²) in [6.07, 6.45) is 0.889. The first kappa shape index (κ1) is 21.1. The highest BCUT2D eigenvalue weighted by molar-refractivity contribution is 5.86. The summed E-state index contributed by atoms with van der Waals surface area (Å²) >= 11 is 0. The monoisotopic (exact) mass is 430 g/mol. The normalized spacial score (nSPS) is 13.3. The van der Waals surface area contributed by atoms with Gasteiger partial charge in [-0.05, 0) is 58.4 Å². The highest BCUT2D eigenvalue weighted by Crippen LogP contribution is 2.55.